The smallest absolute Gasteiger partial charge is 0.416 e. The SMILES string of the molecule is CCS(=O)(=O)NC(=O)c1cc(C2CC2)c(OC[C@H]2CCCN2c2ccc(C(F)(F)F)cc2)cc1F. The van der Waals surface area contributed by atoms with Crippen LogP contribution in [0.5, 0.6) is 5.75 Å². The number of rotatable bonds is 8. The summed E-state index contributed by atoms with van der Waals surface area (Å²) in [6.45, 7) is 2.22. The molecule has 0 bridgehead atoms. The molecule has 2 fully saturated rings. The number of halogens is 4. The fourth-order valence-electron chi connectivity index (χ4n) is 4.23. The molecule has 0 unspecified atom stereocenters. The Balaban J connectivity index is 1.50. The molecule has 1 aliphatic heterocycles. The average molecular weight is 515 g/mol. The Labute approximate surface area is 201 Å². The lowest BCUT2D eigenvalue weighted by atomic mass is 10.0. The Morgan fingerprint density at radius 2 is 1.83 bits per heavy atom. The predicted molar refractivity (Wildman–Crippen MR) is 123 cm³/mol. The van der Waals surface area contributed by atoms with Gasteiger partial charge in [-0.05, 0) is 74.4 Å². The van der Waals surface area contributed by atoms with Gasteiger partial charge in [0.15, 0.2) is 0 Å². The molecule has 1 aliphatic carbocycles. The van der Waals surface area contributed by atoms with Crippen molar-refractivity contribution in [1.82, 2.24) is 4.72 Å². The van der Waals surface area contributed by atoms with Gasteiger partial charge < -0.3 is 9.64 Å². The van der Waals surface area contributed by atoms with E-state index in [9.17, 15) is 30.8 Å². The van der Waals surface area contributed by atoms with E-state index in [1.165, 1.54) is 25.1 Å². The van der Waals surface area contributed by atoms with Crippen molar-refractivity contribution in [2.24, 2.45) is 0 Å². The summed E-state index contributed by atoms with van der Waals surface area (Å²) in [6.07, 6.45) is -1.12. The minimum atomic E-state index is -4.40. The van der Waals surface area contributed by atoms with Crippen molar-refractivity contribution in [3.63, 3.8) is 0 Å². The molecule has 1 saturated carbocycles. The molecule has 0 spiro atoms. The summed E-state index contributed by atoms with van der Waals surface area (Å²) in [5, 5.41) is 0. The molecule has 190 valence electrons. The van der Waals surface area contributed by atoms with Crippen LogP contribution in [0.15, 0.2) is 36.4 Å². The largest absolute Gasteiger partial charge is 0.491 e. The summed E-state index contributed by atoms with van der Waals surface area (Å²) < 4.78 is 84.7. The summed E-state index contributed by atoms with van der Waals surface area (Å²) >= 11 is 0. The second-order valence-electron chi connectivity index (χ2n) is 8.82. The number of hydrogen-bond acceptors (Lipinski definition) is 5. The first-order chi connectivity index (χ1) is 16.5. The number of carbonyl (C=O) groups excluding carboxylic acids is 1. The first-order valence-corrected chi connectivity index (χ1v) is 13.1. The molecule has 6 nitrogen and oxygen atoms in total. The van der Waals surface area contributed by atoms with E-state index in [1.54, 1.807) is 0 Å². The van der Waals surface area contributed by atoms with E-state index in [-0.39, 0.29) is 29.9 Å². The van der Waals surface area contributed by atoms with Crippen LogP contribution in [0.1, 0.15) is 60.0 Å². The first-order valence-electron chi connectivity index (χ1n) is 11.4. The van der Waals surface area contributed by atoms with Crippen molar-refractivity contribution in [3.05, 3.63) is 58.9 Å². The second-order valence-corrected chi connectivity index (χ2v) is 10.8. The average Bonchev–Trinajstić information content (AvgIpc) is 3.53. The standard InChI is InChI=1S/C24H26F4N2O4S/c1-2-35(32,33)29-23(31)20-12-19(15-5-6-15)22(13-21(20)25)34-14-18-4-3-11-30(18)17-9-7-16(8-10-17)24(26,27)28/h7-10,12-13,15,18H,2-6,11,14H2,1H3,(H,29,31)/t18-/m1/s1. The van der Waals surface area contributed by atoms with Crippen LogP contribution in [0.25, 0.3) is 0 Å². The number of anilines is 1. The summed E-state index contributed by atoms with van der Waals surface area (Å²) in [5.41, 5.74) is 0.226. The number of hydrogen-bond donors (Lipinski definition) is 1. The van der Waals surface area contributed by atoms with Gasteiger partial charge in [-0.25, -0.2) is 17.5 Å². The highest BCUT2D eigenvalue weighted by Gasteiger charge is 2.33. The molecular weight excluding hydrogens is 488 g/mol. The Morgan fingerprint density at radius 1 is 1.14 bits per heavy atom. The van der Waals surface area contributed by atoms with E-state index >= 15 is 0 Å². The fraction of sp³-hybridized carbons (Fsp3) is 0.458. The lowest BCUT2D eigenvalue weighted by Gasteiger charge is -2.27. The van der Waals surface area contributed by atoms with E-state index in [0.29, 0.717) is 23.5 Å². The number of nitrogens with zero attached hydrogens (tertiary/aromatic N) is 1. The van der Waals surface area contributed by atoms with Gasteiger partial charge in [0, 0.05) is 18.3 Å². The molecule has 1 atom stereocenters. The first kappa shape index (κ1) is 25.3. The topological polar surface area (TPSA) is 75.7 Å². The summed E-state index contributed by atoms with van der Waals surface area (Å²) in [7, 11) is -3.84. The molecule has 2 aromatic rings. The van der Waals surface area contributed by atoms with Crippen molar-refractivity contribution >= 4 is 21.6 Å². The van der Waals surface area contributed by atoms with E-state index in [1.807, 2.05) is 9.62 Å². The molecule has 1 saturated heterocycles. The molecule has 2 aliphatic rings. The predicted octanol–water partition coefficient (Wildman–Crippen LogP) is 4.85. The maximum absolute atomic E-state index is 14.8. The molecule has 2 aromatic carbocycles. The zero-order valence-corrected chi connectivity index (χ0v) is 19.9. The summed E-state index contributed by atoms with van der Waals surface area (Å²) in [6, 6.07) is 7.33. The monoisotopic (exact) mass is 514 g/mol. The summed E-state index contributed by atoms with van der Waals surface area (Å²) in [5.74, 6) is -1.84. The van der Waals surface area contributed by atoms with Crippen LogP contribution in [-0.2, 0) is 16.2 Å². The van der Waals surface area contributed by atoms with E-state index in [0.717, 1.165) is 43.9 Å². The highest BCUT2D eigenvalue weighted by Crippen LogP contribution is 2.45. The lowest BCUT2D eigenvalue weighted by molar-refractivity contribution is -0.137. The van der Waals surface area contributed by atoms with Gasteiger partial charge in [0.1, 0.15) is 18.2 Å². The van der Waals surface area contributed by atoms with Crippen LogP contribution in [0.2, 0.25) is 0 Å². The van der Waals surface area contributed by atoms with Gasteiger partial charge in [0.2, 0.25) is 10.0 Å². The highest BCUT2D eigenvalue weighted by molar-refractivity contribution is 7.90. The van der Waals surface area contributed by atoms with Gasteiger partial charge in [-0.15, -0.1) is 0 Å². The van der Waals surface area contributed by atoms with Gasteiger partial charge in [0.05, 0.1) is 22.9 Å². The quantitative estimate of drug-likeness (QED) is 0.510. The lowest BCUT2D eigenvalue weighted by Crippen LogP contribution is -2.34. The fourth-order valence-corrected chi connectivity index (χ4v) is 4.77. The van der Waals surface area contributed by atoms with Crippen LogP contribution in [-0.4, -0.2) is 39.3 Å². The Morgan fingerprint density at radius 3 is 2.43 bits per heavy atom. The molecule has 35 heavy (non-hydrogen) atoms. The van der Waals surface area contributed by atoms with Crippen molar-refractivity contribution in [3.8, 4) is 5.75 Å². The van der Waals surface area contributed by atoms with Gasteiger partial charge in [-0.2, -0.15) is 13.2 Å². The molecule has 1 amide bonds. The summed E-state index contributed by atoms with van der Waals surface area (Å²) in [4.78, 5) is 14.3. The molecule has 1 heterocycles. The minimum absolute atomic E-state index is 0.0922. The van der Waals surface area contributed by atoms with Gasteiger partial charge in [0.25, 0.3) is 5.91 Å². The van der Waals surface area contributed by atoms with Crippen LogP contribution < -0.4 is 14.4 Å². The molecule has 4 rings (SSSR count). The Hall–Kier alpha value is -2.82. The van der Waals surface area contributed by atoms with Crippen LogP contribution in [0.3, 0.4) is 0 Å². The Kier molecular flexibility index (Phi) is 6.99. The molecule has 1 N–H and O–H groups in total. The molecule has 0 aromatic heterocycles. The molecule has 0 radical (unpaired) electrons. The van der Waals surface area contributed by atoms with Crippen molar-refractivity contribution in [2.45, 2.75) is 50.7 Å². The van der Waals surface area contributed by atoms with Gasteiger partial charge in [-0.3, -0.25) is 4.79 Å². The van der Waals surface area contributed by atoms with E-state index in [2.05, 4.69) is 0 Å². The maximum atomic E-state index is 14.8. The number of carbonyl (C=O) groups is 1. The van der Waals surface area contributed by atoms with Crippen molar-refractivity contribution in [1.29, 1.82) is 0 Å². The zero-order valence-electron chi connectivity index (χ0n) is 19.1. The number of benzene rings is 2. The van der Waals surface area contributed by atoms with Crippen molar-refractivity contribution < 1.29 is 35.5 Å². The van der Waals surface area contributed by atoms with Gasteiger partial charge in [-0.1, -0.05) is 0 Å². The third-order valence-corrected chi connectivity index (χ3v) is 7.58. The molecule has 11 heteroatoms. The minimum Gasteiger partial charge on any atom is -0.491 e. The number of nitrogens with one attached hydrogen (secondary N) is 1. The molecular formula is C24H26F4N2O4S. The number of amides is 1. The second kappa shape index (κ2) is 9.67. The maximum Gasteiger partial charge on any atom is 0.416 e. The van der Waals surface area contributed by atoms with Crippen LogP contribution in [0.4, 0.5) is 23.2 Å². The van der Waals surface area contributed by atoms with E-state index in [4.69, 9.17) is 4.74 Å². The number of sulfonamides is 1. The van der Waals surface area contributed by atoms with Gasteiger partial charge >= 0.3 is 6.18 Å². The van der Waals surface area contributed by atoms with Crippen LogP contribution >= 0.6 is 0 Å². The highest BCUT2D eigenvalue weighted by atomic mass is 32.2. The van der Waals surface area contributed by atoms with Crippen LogP contribution in [0, 0.1) is 5.82 Å². The van der Waals surface area contributed by atoms with Crippen molar-refractivity contribution in [2.75, 3.05) is 23.8 Å². The number of alkyl halides is 3. The van der Waals surface area contributed by atoms with E-state index < -0.39 is 33.5 Å². The number of ether oxygens (including phenoxy) is 1. The zero-order chi connectivity index (χ0) is 25.4. The third-order valence-electron chi connectivity index (χ3n) is 6.32. The third kappa shape index (κ3) is 5.88. The Bertz CT molecular complexity index is 1200. The normalized spacial score (nSPS) is 18.5.